The molecule has 0 amide bonds. The number of halogens is 1. The Labute approximate surface area is 89.5 Å². The Morgan fingerprint density at radius 2 is 1.93 bits per heavy atom. The second-order valence-corrected chi connectivity index (χ2v) is 3.77. The molecular weight excluding hydrogens is 202 g/mol. The first-order valence-electron chi connectivity index (χ1n) is 4.75. The lowest BCUT2D eigenvalue weighted by atomic mass is 9.86. The van der Waals surface area contributed by atoms with Crippen molar-refractivity contribution in [1.82, 2.24) is 20.2 Å². The van der Waals surface area contributed by atoms with Gasteiger partial charge in [-0.25, -0.2) is 4.68 Å². The van der Waals surface area contributed by atoms with Crippen molar-refractivity contribution >= 4 is 12.4 Å². The number of nitrogens with zero attached hydrogens (tertiary/aromatic N) is 4. The maximum atomic E-state index is 5.83. The summed E-state index contributed by atoms with van der Waals surface area (Å²) >= 11 is 0. The van der Waals surface area contributed by atoms with Gasteiger partial charge in [-0.1, -0.05) is 0 Å². The molecule has 1 aliphatic carbocycles. The van der Waals surface area contributed by atoms with Crippen LogP contribution in [0.15, 0.2) is 0 Å². The molecule has 0 unspecified atom stereocenters. The first kappa shape index (κ1) is 11.4. The zero-order valence-corrected chi connectivity index (χ0v) is 9.07. The van der Waals surface area contributed by atoms with Crippen molar-refractivity contribution in [2.75, 3.05) is 0 Å². The molecule has 1 aromatic rings. The molecule has 5 nitrogen and oxygen atoms in total. The number of rotatable bonds is 1. The molecule has 1 fully saturated rings. The molecule has 0 bridgehead atoms. The number of tetrazole rings is 1. The first-order chi connectivity index (χ1) is 6.27. The lowest BCUT2D eigenvalue weighted by Gasteiger charge is -2.24. The Bertz CT molecular complexity index is 279. The van der Waals surface area contributed by atoms with Crippen LogP contribution in [0.5, 0.6) is 0 Å². The van der Waals surface area contributed by atoms with E-state index in [4.69, 9.17) is 5.73 Å². The SMILES string of the molecule is Cl.Cn1nnnc1C1CCC(N)CC1. The zero-order chi connectivity index (χ0) is 9.26. The van der Waals surface area contributed by atoms with Crippen LogP contribution in [0, 0.1) is 0 Å². The van der Waals surface area contributed by atoms with E-state index >= 15 is 0 Å². The molecule has 1 saturated carbocycles. The van der Waals surface area contributed by atoms with Crippen LogP contribution >= 0.6 is 12.4 Å². The van der Waals surface area contributed by atoms with Gasteiger partial charge < -0.3 is 5.73 Å². The van der Waals surface area contributed by atoms with Crippen LogP contribution in [0.3, 0.4) is 0 Å². The quantitative estimate of drug-likeness (QED) is 0.749. The minimum Gasteiger partial charge on any atom is -0.328 e. The predicted molar refractivity (Wildman–Crippen MR) is 55.2 cm³/mol. The smallest absolute Gasteiger partial charge is 0.153 e. The van der Waals surface area contributed by atoms with Gasteiger partial charge >= 0.3 is 0 Å². The van der Waals surface area contributed by atoms with Crippen molar-refractivity contribution in [2.45, 2.75) is 37.6 Å². The third kappa shape index (κ3) is 2.22. The molecular formula is C8H16ClN5. The number of aromatic nitrogens is 4. The van der Waals surface area contributed by atoms with Crippen LogP contribution in [0.4, 0.5) is 0 Å². The molecule has 0 saturated heterocycles. The number of hydrogen-bond acceptors (Lipinski definition) is 4. The van der Waals surface area contributed by atoms with E-state index in [1.54, 1.807) is 4.68 Å². The van der Waals surface area contributed by atoms with Gasteiger partial charge in [-0.05, 0) is 36.1 Å². The minimum absolute atomic E-state index is 0. The molecule has 2 N–H and O–H groups in total. The average molecular weight is 218 g/mol. The topological polar surface area (TPSA) is 69.6 Å². The van der Waals surface area contributed by atoms with Crippen LogP contribution in [0.2, 0.25) is 0 Å². The summed E-state index contributed by atoms with van der Waals surface area (Å²) in [5.41, 5.74) is 5.83. The third-order valence-corrected chi connectivity index (χ3v) is 2.79. The van der Waals surface area contributed by atoms with E-state index in [0.717, 1.165) is 31.5 Å². The summed E-state index contributed by atoms with van der Waals surface area (Å²) < 4.78 is 1.77. The van der Waals surface area contributed by atoms with Crippen LogP contribution in [-0.4, -0.2) is 26.2 Å². The highest BCUT2D eigenvalue weighted by molar-refractivity contribution is 5.85. The molecule has 0 aromatic carbocycles. The Hall–Kier alpha value is -0.680. The molecule has 0 atom stereocenters. The summed E-state index contributed by atoms with van der Waals surface area (Å²) in [7, 11) is 1.89. The number of hydrogen-bond donors (Lipinski definition) is 1. The summed E-state index contributed by atoms with van der Waals surface area (Å²) in [4.78, 5) is 0. The van der Waals surface area contributed by atoms with Crippen molar-refractivity contribution in [3.8, 4) is 0 Å². The van der Waals surface area contributed by atoms with Crippen molar-refractivity contribution in [1.29, 1.82) is 0 Å². The highest BCUT2D eigenvalue weighted by atomic mass is 35.5. The molecule has 14 heavy (non-hydrogen) atoms. The van der Waals surface area contributed by atoms with Crippen molar-refractivity contribution < 1.29 is 0 Å². The van der Waals surface area contributed by atoms with Crippen LogP contribution in [-0.2, 0) is 7.05 Å². The van der Waals surface area contributed by atoms with Crippen molar-refractivity contribution in [2.24, 2.45) is 12.8 Å². The molecule has 1 aliphatic rings. The first-order valence-corrected chi connectivity index (χ1v) is 4.75. The van der Waals surface area contributed by atoms with Gasteiger partial charge in [0.25, 0.3) is 0 Å². The zero-order valence-electron chi connectivity index (χ0n) is 8.26. The second-order valence-electron chi connectivity index (χ2n) is 3.77. The van der Waals surface area contributed by atoms with E-state index in [-0.39, 0.29) is 12.4 Å². The van der Waals surface area contributed by atoms with E-state index in [1.165, 1.54) is 0 Å². The van der Waals surface area contributed by atoms with Gasteiger partial charge in [0, 0.05) is 19.0 Å². The summed E-state index contributed by atoms with van der Waals surface area (Å²) in [5.74, 6) is 1.52. The van der Waals surface area contributed by atoms with Crippen molar-refractivity contribution in [3.63, 3.8) is 0 Å². The standard InChI is InChI=1S/C8H15N5.ClH/c1-13-8(10-11-12-13)6-2-4-7(9)5-3-6;/h6-7H,2-5,9H2,1H3;1H. The van der Waals surface area contributed by atoms with Gasteiger partial charge in [0.2, 0.25) is 0 Å². The van der Waals surface area contributed by atoms with Gasteiger partial charge in [-0.3, -0.25) is 0 Å². The Morgan fingerprint density at radius 1 is 1.29 bits per heavy atom. The van der Waals surface area contributed by atoms with Crippen molar-refractivity contribution in [3.05, 3.63) is 5.82 Å². The van der Waals surface area contributed by atoms with Crippen LogP contribution < -0.4 is 5.73 Å². The highest BCUT2D eigenvalue weighted by Crippen LogP contribution is 2.30. The van der Waals surface area contributed by atoms with E-state index < -0.39 is 0 Å². The van der Waals surface area contributed by atoms with Gasteiger partial charge in [0.15, 0.2) is 5.82 Å². The Kier molecular flexibility index (Phi) is 3.83. The lowest BCUT2D eigenvalue weighted by Crippen LogP contribution is -2.26. The summed E-state index contributed by atoms with van der Waals surface area (Å²) in [6.45, 7) is 0. The number of nitrogens with two attached hydrogens (primary N) is 1. The van der Waals surface area contributed by atoms with E-state index in [1.807, 2.05) is 7.05 Å². The minimum atomic E-state index is 0. The fourth-order valence-corrected chi connectivity index (χ4v) is 1.96. The average Bonchev–Trinajstić information content (AvgIpc) is 2.53. The second kappa shape index (κ2) is 4.70. The molecule has 6 heteroatoms. The molecule has 80 valence electrons. The summed E-state index contributed by atoms with van der Waals surface area (Å²) in [5, 5.41) is 11.5. The van der Waals surface area contributed by atoms with Crippen LogP contribution in [0.1, 0.15) is 37.4 Å². The lowest BCUT2D eigenvalue weighted by molar-refractivity contribution is 0.377. The van der Waals surface area contributed by atoms with Gasteiger partial charge in [0.05, 0.1) is 0 Å². The van der Waals surface area contributed by atoms with E-state index in [0.29, 0.717) is 12.0 Å². The third-order valence-electron chi connectivity index (χ3n) is 2.79. The van der Waals surface area contributed by atoms with Gasteiger partial charge in [0.1, 0.15) is 0 Å². The normalized spacial score (nSPS) is 27.0. The fourth-order valence-electron chi connectivity index (χ4n) is 1.96. The molecule has 2 rings (SSSR count). The largest absolute Gasteiger partial charge is 0.328 e. The molecule has 0 spiro atoms. The molecule has 1 aromatic heterocycles. The van der Waals surface area contributed by atoms with Gasteiger partial charge in [-0.15, -0.1) is 17.5 Å². The van der Waals surface area contributed by atoms with Crippen LogP contribution in [0.25, 0.3) is 0 Å². The maximum Gasteiger partial charge on any atom is 0.153 e. The molecule has 1 heterocycles. The predicted octanol–water partition coefficient (Wildman–Crippen LogP) is 0.617. The molecule has 0 aliphatic heterocycles. The summed E-state index contributed by atoms with van der Waals surface area (Å²) in [6.07, 6.45) is 4.43. The van der Waals surface area contributed by atoms with Gasteiger partial charge in [-0.2, -0.15) is 0 Å². The Morgan fingerprint density at radius 3 is 2.43 bits per heavy atom. The maximum absolute atomic E-state index is 5.83. The Balaban J connectivity index is 0.000000980. The number of aryl methyl sites for hydroxylation is 1. The molecule has 0 radical (unpaired) electrons. The van der Waals surface area contributed by atoms with E-state index in [9.17, 15) is 0 Å². The fraction of sp³-hybridized carbons (Fsp3) is 0.875. The highest BCUT2D eigenvalue weighted by Gasteiger charge is 2.23. The monoisotopic (exact) mass is 217 g/mol. The summed E-state index contributed by atoms with van der Waals surface area (Å²) in [6, 6.07) is 0.387. The van der Waals surface area contributed by atoms with E-state index in [2.05, 4.69) is 15.5 Å².